The van der Waals surface area contributed by atoms with Gasteiger partial charge in [0, 0.05) is 23.5 Å². The minimum Gasteiger partial charge on any atom is -0.361 e. The van der Waals surface area contributed by atoms with Crippen LogP contribution >= 0.6 is 0 Å². The summed E-state index contributed by atoms with van der Waals surface area (Å²) in [6.45, 7) is 0.0892. The summed E-state index contributed by atoms with van der Waals surface area (Å²) < 4.78 is 0. The van der Waals surface area contributed by atoms with E-state index in [2.05, 4.69) is 16.4 Å². The van der Waals surface area contributed by atoms with Crippen LogP contribution in [0.15, 0.2) is 30.5 Å². The normalized spacial score (nSPS) is 10.2. The Morgan fingerprint density at radius 2 is 2.22 bits per heavy atom. The van der Waals surface area contributed by atoms with Gasteiger partial charge in [0.25, 0.3) is 0 Å². The molecule has 2 N–H and O–H groups in total. The number of para-hydroxylation sites is 1. The van der Waals surface area contributed by atoms with Crippen LogP contribution in [-0.4, -0.2) is 17.4 Å². The molecular formula is C14H15N3O. The van der Waals surface area contributed by atoms with E-state index < -0.39 is 0 Å². The SMILES string of the molecule is N#CCNC(=O)CCCc1c[nH]c2ccccc12. The Balaban J connectivity index is 1.87. The number of nitrogens with zero attached hydrogens (tertiary/aromatic N) is 1. The number of amides is 1. The predicted molar refractivity (Wildman–Crippen MR) is 69.9 cm³/mol. The molecule has 2 aromatic rings. The Bertz CT molecular complexity index is 580. The predicted octanol–water partition coefficient (Wildman–Crippen LogP) is 2.13. The van der Waals surface area contributed by atoms with E-state index in [4.69, 9.17) is 5.26 Å². The summed E-state index contributed by atoms with van der Waals surface area (Å²) in [5, 5.41) is 12.1. The molecule has 4 heteroatoms. The van der Waals surface area contributed by atoms with Crippen LogP contribution in [-0.2, 0) is 11.2 Å². The highest BCUT2D eigenvalue weighted by atomic mass is 16.1. The highest BCUT2D eigenvalue weighted by Crippen LogP contribution is 2.19. The molecule has 0 unspecified atom stereocenters. The molecule has 4 nitrogen and oxygen atoms in total. The van der Waals surface area contributed by atoms with E-state index in [9.17, 15) is 4.79 Å². The molecule has 0 aliphatic heterocycles. The second kappa shape index (κ2) is 5.87. The zero-order chi connectivity index (χ0) is 12.8. The molecule has 0 bridgehead atoms. The maximum Gasteiger partial charge on any atom is 0.220 e. The topological polar surface area (TPSA) is 68.7 Å². The second-order valence-corrected chi connectivity index (χ2v) is 4.15. The van der Waals surface area contributed by atoms with Crippen molar-refractivity contribution in [3.63, 3.8) is 0 Å². The fraction of sp³-hybridized carbons (Fsp3) is 0.286. The molecule has 1 heterocycles. The van der Waals surface area contributed by atoms with E-state index in [-0.39, 0.29) is 12.5 Å². The van der Waals surface area contributed by atoms with Crippen molar-refractivity contribution in [2.75, 3.05) is 6.54 Å². The van der Waals surface area contributed by atoms with E-state index >= 15 is 0 Å². The maximum atomic E-state index is 11.3. The van der Waals surface area contributed by atoms with E-state index in [1.807, 2.05) is 30.5 Å². The fourth-order valence-electron chi connectivity index (χ4n) is 2.00. The summed E-state index contributed by atoms with van der Waals surface area (Å²) in [5.74, 6) is -0.0589. The number of aromatic amines is 1. The number of nitrogens with one attached hydrogen (secondary N) is 2. The summed E-state index contributed by atoms with van der Waals surface area (Å²) in [4.78, 5) is 14.5. The molecule has 0 radical (unpaired) electrons. The molecule has 0 aliphatic carbocycles. The van der Waals surface area contributed by atoms with Gasteiger partial charge in [-0.25, -0.2) is 0 Å². The molecule has 1 amide bonds. The summed E-state index contributed by atoms with van der Waals surface area (Å²) in [6, 6.07) is 10.0. The average Bonchev–Trinajstić information content (AvgIpc) is 2.80. The molecular weight excluding hydrogens is 226 g/mol. The van der Waals surface area contributed by atoms with Gasteiger partial charge in [-0.15, -0.1) is 0 Å². The first-order valence-corrected chi connectivity index (χ1v) is 6.00. The van der Waals surface area contributed by atoms with Gasteiger partial charge in [-0.3, -0.25) is 4.79 Å². The molecule has 1 aromatic heterocycles. The Hall–Kier alpha value is -2.28. The highest BCUT2D eigenvalue weighted by Gasteiger charge is 2.04. The van der Waals surface area contributed by atoms with Gasteiger partial charge in [-0.2, -0.15) is 5.26 Å². The number of hydrogen-bond acceptors (Lipinski definition) is 2. The molecule has 18 heavy (non-hydrogen) atoms. The number of nitriles is 1. The molecule has 0 saturated carbocycles. The molecule has 0 saturated heterocycles. The lowest BCUT2D eigenvalue weighted by molar-refractivity contribution is -0.120. The van der Waals surface area contributed by atoms with Crippen LogP contribution < -0.4 is 5.32 Å². The van der Waals surface area contributed by atoms with Crippen LogP contribution in [0, 0.1) is 11.3 Å². The van der Waals surface area contributed by atoms with Crippen LogP contribution in [0.3, 0.4) is 0 Å². The second-order valence-electron chi connectivity index (χ2n) is 4.15. The van der Waals surface area contributed by atoms with Gasteiger partial charge in [0.05, 0.1) is 6.07 Å². The van der Waals surface area contributed by atoms with Crippen molar-refractivity contribution in [2.24, 2.45) is 0 Å². The van der Waals surface area contributed by atoms with Crippen molar-refractivity contribution in [1.82, 2.24) is 10.3 Å². The van der Waals surface area contributed by atoms with Crippen LogP contribution in [0.5, 0.6) is 0 Å². The first-order valence-electron chi connectivity index (χ1n) is 6.00. The number of benzene rings is 1. The zero-order valence-electron chi connectivity index (χ0n) is 10.1. The molecule has 0 atom stereocenters. The van der Waals surface area contributed by atoms with Gasteiger partial charge in [0.15, 0.2) is 0 Å². The number of rotatable bonds is 5. The van der Waals surface area contributed by atoms with Crippen molar-refractivity contribution < 1.29 is 4.79 Å². The third-order valence-electron chi connectivity index (χ3n) is 2.89. The first kappa shape index (κ1) is 12.2. The van der Waals surface area contributed by atoms with E-state index in [1.54, 1.807) is 0 Å². The van der Waals surface area contributed by atoms with E-state index in [1.165, 1.54) is 10.9 Å². The minimum absolute atomic E-state index is 0.0589. The van der Waals surface area contributed by atoms with Crippen molar-refractivity contribution >= 4 is 16.8 Å². The Morgan fingerprint density at radius 3 is 3.06 bits per heavy atom. The van der Waals surface area contributed by atoms with E-state index in [0.717, 1.165) is 18.4 Å². The lowest BCUT2D eigenvalue weighted by Crippen LogP contribution is -2.23. The fourth-order valence-corrected chi connectivity index (χ4v) is 2.00. The summed E-state index contributed by atoms with van der Waals surface area (Å²) in [5.41, 5.74) is 2.36. The van der Waals surface area contributed by atoms with Crippen LogP contribution in [0.25, 0.3) is 10.9 Å². The van der Waals surface area contributed by atoms with Gasteiger partial charge in [0.1, 0.15) is 6.54 Å². The van der Waals surface area contributed by atoms with Gasteiger partial charge in [-0.05, 0) is 24.5 Å². The first-order chi connectivity index (χ1) is 8.81. The largest absolute Gasteiger partial charge is 0.361 e. The Morgan fingerprint density at radius 1 is 1.39 bits per heavy atom. The monoisotopic (exact) mass is 241 g/mol. The highest BCUT2D eigenvalue weighted by molar-refractivity contribution is 5.83. The van der Waals surface area contributed by atoms with Crippen molar-refractivity contribution in [2.45, 2.75) is 19.3 Å². The number of carbonyl (C=O) groups is 1. The van der Waals surface area contributed by atoms with Crippen molar-refractivity contribution in [3.8, 4) is 6.07 Å². The smallest absolute Gasteiger partial charge is 0.220 e. The Labute approximate surface area is 106 Å². The lowest BCUT2D eigenvalue weighted by atomic mass is 10.1. The number of aromatic nitrogens is 1. The minimum atomic E-state index is -0.0589. The molecule has 0 spiro atoms. The molecule has 92 valence electrons. The van der Waals surface area contributed by atoms with Crippen LogP contribution in [0.1, 0.15) is 18.4 Å². The van der Waals surface area contributed by atoms with Crippen LogP contribution in [0.2, 0.25) is 0 Å². The molecule has 0 fully saturated rings. The van der Waals surface area contributed by atoms with E-state index in [0.29, 0.717) is 6.42 Å². The number of aryl methyl sites for hydroxylation is 1. The summed E-state index contributed by atoms with van der Waals surface area (Å²) in [7, 11) is 0. The average molecular weight is 241 g/mol. The third-order valence-corrected chi connectivity index (χ3v) is 2.89. The van der Waals surface area contributed by atoms with Gasteiger partial charge < -0.3 is 10.3 Å². The van der Waals surface area contributed by atoms with Crippen molar-refractivity contribution in [1.29, 1.82) is 5.26 Å². The standard InChI is InChI=1S/C14H15N3O/c15-8-9-16-14(18)7-3-4-11-10-17-13-6-2-1-5-12(11)13/h1-2,5-6,10,17H,3-4,7,9H2,(H,16,18). The molecule has 0 aliphatic rings. The quantitative estimate of drug-likeness (QED) is 0.787. The molecule has 2 rings (SSSR count). The Kier molecular flexibility index (Phi) is 3.98. The van der Waals surface area contributed by atoms with Gasteiger partial charge >= 0.3 is 0 Å². The van der Waals surface area contributed by atoms with Gasteiger partial charge in [0.2, 0.25) is 5.91 Å². The van der Waals surface area contributed by atoms with Crippen molar-refractivity contribution in [3.05, 3.63) is 36.0 Å². The number of hydrogen-bond donors (Lipinski definition) is 2. The maximum absolute atomic E-state index is 11.3. The molecule has 1 aromatic carbocycles. The number of H-pyrrole nitrogens is 1. The summed E-state index contributed by atoms with van der Waals surface area (Å²) >= 11 is 0. The zero-order valence-corrected chi connectivity index (χ0v) is 10.1. The number of carbonyl (C=O) groups excluding carboxylic acids is 1. The van der Waals surface area contributed by atoms with Gasteiger partial charge in [-0.1, -0.05) is 18.2 Å². The lowest BCUT2D eigenvalue weighted by Gasteiger charge is -2.01. The summed E-state index contributed by atoms with van der Waals surface area (Å²) in [6.07, 6.45) is 4.11. The third kappa shape index (κ3) is 2.89. The van der Waals surface area contributed by atoms with Crippen LogP contribution in [0.4, 0.5) is 0 Å². The number of fused-ring (bicyclic) bond motifs is 1.